The van der Waals surface area contributed by atoms with Crippen molar-refractivity contribution >= 4 is 51.3 Å². The number of carbonyl (C=O) groups is 1. The fourth-order valence-corrected chi connectivity index (χ4v) is 4.42. The summed E-state index contributed by atoms with van der Waals surface area (Å²) in [5.41, 5.74) is 5.45. The third-order valence-corrected chi connectivity index (χ3v) is 6.46. The molecule has 0 atom stereocenters. The Balaban J connectivity index is 1.36. The van der Waals surface area contributed by atoms with E-state index in [-0.39, 0.29) is 16.4 Å². The van der Waals surface area contributed by atoms with Gasteiger partial charge in [0, 0.05) is 30.9 Å². The summed E-state index contributed by atoms with van der Waals surface area (Å²) in [5.74, 6) is -0.545. The van der Waals surface area contributed by atoms with Crippen molar-refractivity contribution in [2.45, 2.75) is 13.8 Å². The first-order valence-corrected chi connectivity index (χ1v) is 12.4. The van der Waals surface area contributed by atoms with Crippen LogP contribution in [-0.4, -0.2) is 57.2 Å². The fraction of sp³-hybridized carbons (Fsp3) is 0.231. The smallest absolute Gasteiger partial charge is 0.270 e. The van der Waals surface area contributed by atoms with Gasteiger partial charge < -0.3 is 15.0 Å². The molecule has 2 N–H and O–H groups in total. The Bertz CT molecular complexity index is 1550. The molecule has 0 spiro atoms. The first kappa shape index (κ1) is 25.2. The first-order valence-electron chi connectivity index (χ1n) is 12.0. The van der Waals surface area contributed by atoms with E-state index in [0.29, 0.717) is 43.2 Å². The number of hydrogen-bond donors (Lipinski definition) is 2. The first-order chi connectivity index (χ1) is 18.3. The van der Waals surface area contributed by atoms with Crippen molar-refractivity contribution in [3.63, 3.8) is 0 Å². The average molecular weight is 532 g/mol. The molecule has 5 rings (SSSR count). The Morgan fingerprint density at radius 3 is 2.39 bits per heavy atom. The number of fused-ring (bicyclic) bond motifs is 1. The van der Waals surface area contributed by atoms with E-state index >= 15 is 0 Å². The van der Waals surface area contributed by atoms with Crippen LogP contribution in [0.4, 0.5) is 17.1 Å². The summed E-state index contributed by atoms with van der Waals surface area (Å²) < 4.78 is 5.40. The van der Waals surface area contributed by atoms with Gasteiger partial charge in [0.15, 0.2) is 5.11 Å². The second kappa shape index (κ2) is 10.5. The average Bonchev–Trinajstić information content (AvgIpc) is 3.32. The summed E-state index contributed by atoms with van der Waals surface area (Å²) in [5, 5.41) is 26.3. The number of benzene rings is 3. The van der Waals surface area contributed by atoms with Crippen molar-refractivity contribution < 1.29 is 14.5 Å². The van der Waals surface area contributed by atoms with Crippen LogP contribution >= 0.6 is 12.2 Å². The standard InChI is InChI=1S/C26H25N7O4S/c1-16-3-5-18(6-4-16)32-29-22-13-17(2)21(15-23(22)30-32)27-26(38)28-25(34)20-14-19(33(35)36)7-8-24(20)31-9-11-37-12-10-31/h3-8,13-15H,9-12H2,1-2H3,(H2,27,28,34,38). The van der Waals surface area contributed by atoms with Gasteiger partial charge in [0.1, 0.15) is 11.0 Å². The lowest BCUT2D eigenvalue weighted by Gasteiger charge is -2.30. The van der Waals surface area contributed by atoms with Crippen molar-refractivity contribution in [1.29, 1.82) is 0 Å². The summed E-state index contributed by atoms with van der Waals surface area (Å²) in [7, 11) is 0. The number of nitrogens with one attached hydrogen (secondary N) is 2. The number of amides is 1. The van der Waals surface area contributed by atoms with Gasteiger partial charge in [-0.05, 0) is 62.0 Å². The number of nitro groups is 1. The third-order valence-electron chi connectivity index (χ3n) is 6.25. The minimum Gasteiger partial charge on any atom is -0.378 e. The lowest BCUT2D eigenvalue weighted by atomic mass is 10.1. The lowest BCUT2D eigenvalue weighted by Crippen LogP contribution is -2.39. The van der Waals surface area contributed by atoms with Gasteiger partial charge >= 0.3 is 0 Å². The molecule has 1 saturated heterocycles. The molecule has 1 aliphatic heterocycles. The zero-order valence-electron chi connectivity index (χ0n) is 20.8. The Morgan fingerprint density at radius 1 is 1.03 bits per heavy atom. The molecule has 0 aliphatic carbocycles. The molecule has 1 aromatic heterocycles. The zero-order chi connectivity index (χ0) is 26.8. The van der Waals surface area contributed by atoms with E-state index in [1.807, 2.05) is 55.1 Å². The number of carbonyl (C=O) groups excluding carboxylic acids is 1. The van der Waals surface area contributed by atoms with Gasteiger partial charge in [-0.3, -0.25) is 20.2 Å². The van der Waals surface area contributed by atoms with E-state index in [4.69, 9.17) is 17.0 Å². The number of anilines is 2. The van der Waals surface area contributed by atoms with Crippen LogP contribution < -0.4 is 15.5 Å². The summed E-state index contributed by atoms with van der Waals surface area (Å²) in [6.45, 7) is 6.07. The van der Waals surface area contributed by atoms with Gasteiger partial charge in [-0.2, -0.15) is 4.80 Å². The van der Waals surface area contributed by atoms with E-state index in [0.717, 1.165) is 22.3 Å². The van der Waals surface area contributed by atoms with Crippen molar-refractivity contribution in [2.75, 3.05) is 36.5 Å². The molecule has 12 heteroatoms. The normalized spacial score (nSPS) is 13.4. The van der Waals surface area contributed by atoms with Crippen LogP contribution in [0.5, 0.6) is 0 Å². The molecule has 4 aromatic rings. The summed E-state index contributed by atoms with van der Waals surface area (Å²) in [6, 6.07) is 15.8. The maximum atomic E-state index is 13.2. The minimum absolute atomic E-state index is 0.0582. The van der Waals surface area contributed by atoms with Crippen LogP contribution in [0.3, 0.4) is 0 Å². The molecule has 0 saturated carbocycles. The third kappa shape index (κ3) is 5.31. The number of ether oxygens (including phenoxy) is 1. The van der Waals surface area contributed by atoms with E-state index in [9.17, 15) is 14.9 Å². The highest BCUT2D eigenvalue weighted by Gasteiger charge is 2.23. The maximum absolute atomic E-state index is 13.2. The molecule has 0 radical (unpaired) electrons. The summed E-state index contributed by atoms with van der Waals surface area (Å²) >= 11 is 5.42. The van der Waals surface area contributed by atoms with Gasteiger partial charge in [0.2, 0.25) is 0 Å². The highest BCUT2D eigenvalue weighted by Crippen LogP contribution is 2.27. The second-order valence-electron chi connectivity index (χ2n) is 8.95. The van der Waals surface area contributed by atoms with Crippen LogP contribution in [0.25, 0.3) is 16.7 Å². The molecule has 194 valence electrons. The topological polar surface area (TPSA) is 127 Å². The number of aromatic nitrogens is 3. The second-order valence-corrected chi connectivity index (χ2v) is 9.36. The number of thiocarbonyl (C=S) groups is 1. The Kier molecular flexibility index (Phi) is 6.99. The van der Waals surface area contributed by atoms with E-state index in [1.165, 1.54) is 12.1 Å². The molecule has 1 aliphatic rings. The van der Waals surface area contributed by atoms with Crippen LogP contribution in [-0.2, 0) is 4.74 Å². The number of morpholine rings is 1. The number of rotatable bonds is 5. The predicted octanol–water partition coefficient (Wildman–Crippen LogP) is 3.91. The Morgan fingerprint density at radius 2 is 1.71 bits per heavy atom. The molecule has 1 amide bonds. The SMILES string of the molecule is Cc1ccc(-n2nc3cc(C)c(NC(=S)NC(=O)c4cc([N+](=O)[O-])ccc4N4CCOCC4)cc3n2)cc1. The van der Waals surface area contributed by atoms with Crippen LogP contribution in [0, 0.1) is 24.0 Å². The van der Waals surface area contributed by atoms with E-state index in [1.54, 1.807) is 10.9 Å². The van der Waals surface area contributed by atoms with E-state index < -0.39 is 10.8 Å². The molecule has 0 unspecified atom stereocenters. The highest BCUT2D eigenvalue weighted by atomic mass is 32.1. The Hall–Kier alpha value is -4.42. The maximum Gasteiger partial charge on any atom is 0.270 e. The summed E-state index contributed by atoms with van der Waals surface area (Å²) in [6.07, 6.45) is 0. The molecular weight excluding hydrogens is 506 g/mol. The molecule has 11 nitrogen and oxygen atoms in total. The molecule has 0 bridgehead atoms. The highest BCUT2D eigenvalue weighted by molar-refractivity contribution is 7.80. The van der Waals surface area contributed by atoms with Gasteiger partial charge in [-0.15, -0.1) is 10.2 Å². The largest absolute Gasteiger partial charge is 0.378 e. The molecular formula is C26H25N7O4S. The number of hydrogen-bond acceptors (Lipinski definition) is 8. The number of nitro benzene ring substituents is 1. The molecule has 2 heterocycles. The van der Waals surface area contributed by atoms with Gasteiger partial charge in [-0.1, -0.05) is 17.7 Å². The lowest BCUT2D eigenvalue weighted by molar-refractivity contribution is -0.384. The molecule has 3 aromatic carbocycles. The quantitative estimate of drug-likeness (QED) is 0.224. The predicted molar refractivity (Wildman–Crippen MR) is 148 cm³/mol. The minimum atomic E-state index is -0.545. The van der Waals surface area contributed by atoms with Gasteiger partial charge in [0.05, 0.1) is 35.1 Å². The van der Waals surface area contributed by atoms with Crippen molar-refractivity contribution in [2.24, 2.45) is 0 Å². The van der Waals surface area contributed by atoms with Gasteiger partial charge in [-0.25, -0.2) is 0 Å². The van der Waals surface area contributed by atoms with Crippen molar-refractivity contribution in [3.8, 4) is 5.69 Å². The number of nitrogens with zero attached hydrogens (tertiary/aromatic N) is 5. The summed E-state index contributed by atoms with van der Waals surface area (Å²) in [4.78, 5) is 27.6. The number of non-ortho nitro benzene ring substituents is 1. The van der Waals surface area contributed by atoms with Crippen LogP contribution in [0.15, 0.2) is 54.6 Å². The van der Waals surface area contributed by atoms with E-state index in [2.05, 4.69) is 20.8 Å². The number of aryl methyl sites for hydroxylation is 2. The van der Waals surface area contributed by atoms with Crippen molar-refractivity contribution in [3.05, 3.63) is 81.4 Å². The van der Waals surface area contributed by atoms with Crippen LogP contribution in [0.1, 0.15) is 21.5 Å². The molecule has 1 fully saturated rings. The zero-order valence-corrected chi connectivity index (χ0v) is 21.6. The van der Waals surface area contributed by atoms with Crippen LogP contribution in [0.2, 0.25) is 0 Å². The fourth-order valence-electron chi connectivity index (χ4n) is 4.22. The monoisotopic (exact) mass is 531 g/mol. The molecule has 38 heavy (non-hydrogen) atoms. The van der Waals surface area contributed by atoms with Crippen molar-refractivity contribution in [1.82, 2.24) is 20.3 Å². The Labute approximate surface area is 223 Å². The van der Waals surface area contributed by atoms with Gasteiger partial charge in [0.25, 0.3) is 11.6 Å².